The highest BCUT2D eigenvalue weighted by atomic mass is 127. The van der Waals surface area contributed by atoms with Crippen molar-refractivity contribution in [3.63, 3.8) is 0 Å². The van der Waals surface area contributed by atoms with Crippen LogP contribution in [0.25, 0.3) is 0 Å². The van der Waals surface area contributed by atoms with E-state index in [1.165, 1.54) is 12.1 Å². The van der Waals surface area contributed by atoms with E-state index < -0.39 is 10.0 Å². The minimum atomic E-state index is -3.74. The van der Waals surface area contributed by atoms with Crippen LogP contribution in [0.1, 0.15) is 5.56 Å². The normalized spacial score (nSPS) is 11.4. The van der Waals surface area contributed by atoms with Gasteiger partial charge in [0.2, 0.25) is 0 Å². The number of anilines is 1. The second-order valence-corrected chi connectivity index (χ2v) is 7.86. The monoisotopic (exact) mass is 441 g/mol. The molecule has 0 heterocycles. The molecule has 2 aromatic carbocycles. The summed E-state index contributed by atoms with van der Waals surface area (Å²) in [5.41, 5.74) is 1.13. The third kappa shape index (κ3) is 3.58. The zero-order valence-corrected chi connectivity index (χ0v) is 14.8. The molecule has 0 saturated heterocycles. The Balaban J connectivity index is 2.40. The summed E-state index contributed by atoms with van der Waals surface area (Å²) < 4.78 is 28.2. The lowest BCUT2D eigenvalue weighted by atomic mass is 10.2. The van der Waals surface area contributed by atoms with Crippen molar-refractivity contribution < 1.29 is 8.42 Å². The standard InChI is InChI=1S/C13H10Cl2INO2S/c1-8-6-13(12(15)7-11(8)14)20(18,19)17-10-4-2-9(16)3-5-10/h2-7,17H,1H3. The molecular formula is C13H10Cl2INO2S. The van der Waals surface area contributed by atoms with Crippen molar-refractivity contribution in [1.29, 1.82) is 0 Å². The summed E-state index contributed by atoms with van der Waals surface area (Å²) in [5.74, 6) is 0. The van der Waals surface area contributed by atoms with Crippen molar-refractivity contribution in [1.82, 2.24) is 0 Å². The molecule has 3 nitrogen and oxygen atoms in total. The van der Waals surface area contributed by atoms with Crippen molar-refractivity contribution in [3.05, 3.63) is 55.6 Å². The molecule has 0 bridgehead atoms. The van der Waals surface area contributed by atoms with Crippen LogP contribution >= 0.6 is 45.8 Å². The van der Waals surface area contributed by atoms with Gasteiger partial charge in [0.25, 0.3) is 10.0 Å². The van der Waals surface area contributed by atoms with E-state index in [1.807, 2.05) is 12.1 Å². The quantitative estimate of drug-likeness (QED) is 0.701. The van der Waals surface area contributed by atoms with E-state index >= 15 is 0 Å². The minimum absolute atomic E-state index is 0.0135. The van der Waals surface area contributed by atoms with Gasteiger partial charge in [-0.2, -0.15) is 0 Å². The van der Waals surface area contributed by atoms with Gasteiger partial charge in [-0.05, 0) is 71.5 Å². The van der Waals surface area contributed by atoms with Crippen molar-refractivity contribution in [2.24, 2.45) is 0 Å². The lowest BCUT2D eigenvalue weighted by molar-refractivity contribution is 0.601. The Hall–Kier alpha value is -0.500. The Bertz CT molecular complexity index is 746. The van der Waals surface area contributed by atoms with E-state index in [2.05, 4.69) is 27.3 Å². The van der Waals surface area contributed by atoms with E-state index in [1.54, 1.807) is 19.1 Å². The predicted octanol–water partition coefficient (Wildman–Crippen LogP) is 4.71. The smallest absolute Gasteiger partial charge is 0.263 e. The first kappa shape index (κ1) is 15.9. The Morgan fingerprint density at radius 1 is 1.05 bits per heavy atom. The van der Waals surface area contributed by atoms with Crippen LogP contribution in [0.5, 0.6) is 0 Å². The third-order valence-electron chi connectivity index (χ3n) is 2.60. The highest BCUT2D eigenvalue weighted by Gasteiger charge is 2.19. The maximum absolute atomic E-state index is 12.3. The number of hydrogen-bond donors (Lipinski definition) is 1. The van der Waals surface area contributed by atoms with Gasteiger partial charge in [-0.1, -0.05) is 23.2 Å². The zero-order chi connectivity index (χ0) is 14.9. The lowest BCUT2D eigenvalue weighted by Gasteiger charge is -2.11. The molecule has 0 aliphatic rings. The number of sulfonamides is 1. The molecule has 2 rings (SSSR count). The molecule has 0 amide bonds. The first-order valence-electron chi connectivity index (χ1n) is 5.53. The summed E-state index contributed by atoms with van der Waals surface area (Å²) in [6.07, 6.45) is 0. The maximum Gasteiger partial charge on any atom is 0.263 e. The number of aryl methyl sites for hydroxylation is 1. The molecule has 0 spiro atoms. The average Bonchev–Trinajstić information content (AvgIpc) is 2.36. The second-order valence-electron chi connectivity index (χ2n) is 4.14. The summed E-state index contributed by atoms with van der Waals surface area (Å²) in [5, 5.41) is 0.529. The van der Waals surface area contributed by atoms with Crippen molar-refractivity contribution in [2.75, 3.05) is 4.72 Å². The molecular weight excluding hydrogens is 432 g/mol. The van der Waals surface area contributed by atoms with Gasteiger partial charge in [0.1, 0.15) is 4.90 Å². The van der Waals surface area contributed by atoms with E-state index in [9.17, 15) is 8.42 Å². The number of nitrogens with one attached hydrogen (secondary N) is 1. The van der Waals surface area contributed by atoms with Crippen LogP contribution in [0, 0.1) is 10.5 Å². The molecule has 0 saturated carbocycles. The fourth-order valence-corrected chi connectivity index (χ4v) is 3.82. The van der Waals surface area contributed by atoms with Gasteiger partial charge in [0, 0.05) is 14.3 Å². The first-order chi connectivity index (χ1) is 9.29. The number of rotatable bonds is 3. The minimum Gasteiger partial charge on any atom is -0.280 e. The van der Waals surface area contributed by atoms with Gasteiger partial charge in [0.15, 0.2) is 0 Å². The Morgan fingerprint density at radius 2 is 1.65 bits per heavy atom. The van der Waals surface area contributed by atoms with Gasteiger partial charge in [-0.15, -0.1) is 0 Å². The molecule has 0 aliphatic carbocycles. The second kappa shape index (κ2) is 6.09. The molecule has 20 heavy (non-hydrogen) atoms. The van der Waals surface area contributed by atoms with Crippen molar-refractivity contribution >= 4 is 61.5 Å². The molecule has 0 radical (unpaired) electrons. The van der Waals surface area contributed by atoms with Crippen LogP contribution in [-0.2, 0) is 10.0 Å². The first-order valence-corrected chi connectivity index (χ1v) is 8.85. The molecule has 1 N–H and O–H groups in total. The van der Waals surface area contributed by atoms with Crippen LogP contribution in [0.3, 0.4) is 0 Å². The molecule has 0 fully saturated rings. The van der Waals surface area contributed by atoms with E-state index in [4.69, 9.17) is 23.2 Å². The van der Waals surface area contributed by atoms with Crippen molar-refractivity contribution in [3.8, 4) is 0 Å². The van der Waals surface area contributed by atoms with Crippen LogP contribution in [-0.4, -0.2) is 8.42 Å². The fourth-order valence-electron chi connectivity index (χ4n) is 1.56. The average molecular weight is 442 g/mol. The summed E-state index contributed by atoms with van der Waals surface area (Å²) in [6.45, 7) is 1.72. The SMILES string of the molecule is Cc1cc(S(=O)(=O)Nc2ccc(I)cc2)c(Cl)cc1Cl. The van der Waals surface area contributed by atoms with Crippen LogP contribution in [0.2, 0.25) is 10.0 Å². The molecule has 7 heteroatoms. The third-order valence-corrected chi connectivity index (χ3v) is 5.57. The summed E-state index contributed by atoms with van der Waals surface area (Å²) >= 11 is 14.0. The highest BCUT2D eigenvalue weighted by molar-refractivity contribution is 14.1. The van der Waals surface area contributed by atoms with Crippen LogP contribution in [0.4, 0.5) is 5.69 Å². The van der Waals surface area contributed by atoms with Gasteiger partial charge < -0.3 is 0 Å². The Kier molecular flexibility index (Phi) is 4.84. The lowest BCUT2D eigenvalue weighted by Crippen LogP contribution is -2.13. The molecule has 106 valence electrons. The maximum atomic E-state index is 12.3. The van der Waals surface area contributed by atoms with Gasteiger partial charge in [-0.3, -0.25) is 4.72 Å². The predicted molar refractivity (Wildman–Crippen MR) is 91.2 cm³/mol. The van der Waals surface area contributed by atoms with Gasteiger partial charge in [-0.25, -0.2) is 8.42 Å². The van der Waals surface area contributed by atoms with Crippen LogP contribution < -0.4 is 4.72 Å². The van der Waals surface area contributed by atoms with E-state index in [-0.39, 0.29) is 9.92 Å². The van der Waals surface area contributed by atoms with E-state index in [0.29, 0.717) is 16.3 Å². The topological polar surface area (TPSA) is 46.2 Å². The molecule has 0 atom stereocenters. The largest absolute Gasteiger partial charge is 0.280 e. The van der Waals surface area contributed by atoms with Gasteiger partial charge >= 0.3 is 0 Å². The highest BCUT2D eigenvalue weighted by Crippen LogP contribution is 2.29. The molecule has 0 aliphatic heterocycles. The zero-order valence-electron chi connectivity index (χ0n) is 10.3. The van der Waals surface area contributed by atoms with Crippen molar-refractivity contribution in [2.45, 2.75) is 11.8 Å². The Labute approximate surface area is 141 Å². The summed E-state index contributed by atoms with van der Waals surface area (Å²) in [4.78, 5) is 0.0135. The number of halogens is 3. The Morgan fingerprint density at radius 3 is 2.25 bits per heavy atom. The molecule has 0 aromatic heterocycles. The fraction of sp³-hybridized carbons (Fsp3) is 0.0769. The van der Waals surface area contributed by atoms with Gasteiger partial charge in [0.05, 0.1) is 5.02 Å². The number of benzene rings is 2. The summed E-state index contributed by atoms with van der Waals surface area (Å²) in [6, 6.07) is 9.90. The van der Waals surface area contributed by atoms with Crippen LogP contribution in [0.15, 0.2) is 41.3 Å². The summed E-state index contributed by atoms with van der Waals surface area (Å²) in [7, 11) is -3.74. The molecule has 0 unspecified atom stereocenters. The van der Waals surface area contributed by atoms with E-state index in [0.717, 1.165) is 3.57 Å². The molecule has 2 aromatic rings. The number of hydrogen-bond acceptors (Lipinski definition) is 2.